The number of pyridine rings is 1. The summed E-state index contributed by atoms with van der Waals surface area (Å²) in [6.45, 7) is 6.66. The smallest absolute Gasteiger partial charge is 0.223 e. The lowest BCUT2D eigenvalue weighted by atomic mass is 9.86. The van der Waals surface area contributed by atoms with E-state index in [9.17, 15) is 9.90 Å². The molecular weight excluding hydrogens is 394 g/mol. The number of carbonyl (C=O) groups excluding carboxylic acids is 1. The Labute approximate surface area is 175 Å². The van der Waals surface area contributed by atoms with Gasteiger partial charge in [-0.25, -0.2) is 4.98 Å². The second-order valence-corrected chi connectivity index (χ2v) is 7.94. The van der Waals surface area contributed by atoms with Gasteiger partial charge in [0.05, 0.1) is 24.9 Å². The number of fused-ring (bicyclic) bond motifs is 1. The Hall–Kier alpha value is -2.45. The van der Waals surface area contributed by atoms with Crippen LogP contribution in [0.3, 0.4) is 0 Å². The number of hydrogen-bond donors (Lipinski definition) is 2. The molecule has 9 heteroatoms. The Morgan fingerprint density at radius 2 is 2.14 bits per heavy atom. The summed E-state index contributed by atoms with van der Waals surface area (Å²) in [7, 11) is 1.63. The third-order valence-electron chi connectivity index (χ3n) is 5.31. The zero-order chi connectivity index (χ0) is 21.3. The minimum Gasteiger partial charge on any atom is -0.496 e. The van der Waals surface area contributed by atoms with Gasteiger partial charge in [-0.05, 0) is 26.2 Å². The number of aliphatic hydroxyl groups excluding tert-OH is 1. The summed E-state index contributed by atoms with van der Waals surface area (Å²) < 4.78 is 5.51. The van der Waals surface area contributed by atoms with E-state index in [1.165, 1.54) is 0 Å². The number of anilines is 2. The molecule has 3 heterocycles. The fraction of sp³-hybridized carbons (Fsp3) is 0.500. The lowest BCUT2D eigenvalue weighted by Crippen LogP contribution is -2.41. The predicted octanol–water partition coefficient (Wildman–Crippen LogP) is 2.57. The number of nitrogens with zero attached hydrogens (tertiary/aromatic N) is 4. The fourth-order valence-electron chi connectivity index (χ4n) is 3.81. The second kappa shape index (κ2) is 8.51. The number of aromatic nitrogens is 3. The van der Waals surface area contributed by atoms with Crippen LogP contribution in [0, 0.1) is 25.7 Å². The maximum absolute atomic E-state index is 13.1. The van der Waals surface area contributed by atoms with Gasteiger partial charge in [-0.1, -0.05) is 18.5 Å². The van der Waals surface area contributed by atoms with Crippen LogP contribution in [0.5, 0.6) is 5.75 Å². The van der Waals surface area contributed by atoms with Gasteiger partial charge < -0.3 is 20.5 Å². The number of aliphatic hydroxyl groups is 1. The van der Waals surface area contributed by atoms with Crippen molar-refractivity contribution in [3.05, 3.63) is 33.7 Å². The molecule has 1 aliphatic rings. The molecule has 29 heavy (non-hydrogen) atoms. The predicted molar refractivity (Wildman–Crippen MR) is 111 cm³/mol. The standard InChI is InChI=1S/C20H26ClN5O3/c1-10(9-27)5-13-7-26(8-14-12(3)17(29-4)11(2)6-23-14)19-15(16(13)28)18(21)24-20(22)25-19/h6,10,13,27H,5,7-9H2,1-4H3,(H2,22,24,25). The Morgan fingerprint density at radius 3 is 2.79 bits per heavy atom. The molecule has 0 radical (unpaired) electrons. The molecule has 8 nitrogen and oxygen atoms in total. The van der Waals surface area contributed by atoms with Crippen molar-refractivity contribution in [2.24, 2.45) is 11.8 Å². The van der Waals surface area contributed by atoms with E-state index in [1.807, 2.05) is 25.7 Å². The largest absolute Gasteiger partial charge is 0.496 e. The number of ketones is 1. The zero-order valence-electron chi connectivity index (χ0n) is 17.1. The molecule has 0 aliphatic carbocycles. The molecule has 0 saturated carbocycles. The van der Waals surface area contributed by atoms with Crippen molar-refractivity contribution in [2.75, 3.05) is 30.9 Å². The molecule has 0 fully saturated rings. The highest BCUT2D eigenvalue weighted by Gasteiger charge is 2.36. The number of nitrogen functional groups attached to an aromatic ring is 1. The molecule has 2 atom stereocenters. The van der Waals surface area contributed by atoms with E-state index >= 15 is 0 Å². The summed E-state index contributed by atoms with van der Waals surface area (Å²) in [6, 6.07) is 0. The normalized spacial score (nSPS) is 17.2. The fourth-order valence-corrected chi connectivity index (χ4v) is 4.08. The van der Waals surface area contributed by atoms with Crippen molar-refractivity contribution in [3.8, 4) is 5.75 Å². The van der Waals surface area contributed by atoms with Crippen molar-refractivity contribution in [2.45, 2.75) is 33.7 Å². The molecule has 0 aromatic carbocycles. The van der Waals surface area contributed by atoms with Crippen molar-refractivity contribution in [3.63, 3.8) is 0 Å². The summed E-state index contributed by atoms with van der Waals surface area (Å²) in [5.74, 6) is 0.755. The Balaban J connectivity index is 2.04. The first kappa shape index (κ1) is 21.3. The van der Waals surface area contributed by atoms with Crippen molar-refractivity contribution < 1.29 is 14.6 Å². The Kier molecular flexibility index (Phi) is 6.24. The van der Waals surface area contributed by atoms with Crippen LogP contribution in [0.4, 0.5) is 11.8 Å². The first-order valence-corrected chi connectivity index (χ1v) is 9.86. The molecule has 3 N–H and O–H groups in total. The van der Waals surface area contributed by atoms with E-state index < -0.39 is 0 Å². The molecule has 2 unspecified atom stereocenters. The van der Waals surface area contributed by atoms with Crippen LogP contribution >= 0.6 is 11.6 Å². The summed E-state index contributed by atoms with van der Waals surface area (Å²) in [5.41, 5.74) is 8.78. The third kappa shape index (κ3) is 4.13. The van der Waals surface area contributed by atoms with E-state index in [4.69, 9.17) is 22.1 Å². The van der Waals surface area contributed by atoms with E-state index in [1.54, 1.807) is 13.3 Å². The van der Waals surface area contributed by atoms with Gasteiger partial charge in [0, 0.05) is 36.4 Å². The van der Waals surface area contributed by atoms with Gasteiger partial charge in [-0.15, -0.1) is 0 Å². The summed E-state index contributed by atoms with van der Waals surface area (Å²) in [4.78, 5) is 27.9. The van der Waals surface area contributed by atoms with Crippen LogP contribution in [0.15, 0.2) is 6.20 Å². The summed E-state index contributed by atoms with van der Waals surface area (Å²) >= 11 is 6.28. The number of carbonyl (C=O) groups is 1. The van der Waals surface area contributed by atoms with E-state index in [0.29, 0.717) is 25.3 Å². The lowest BCUT2D eigenvalue weighted by molar-refractivity contribution is 0.0883. The summed E-state index contributed by atoms with van der Waals surface area (Å²) in [5, 5.41) is 9.49. The second-order valence-electron chi connectivity index (χ2n) is 7.58. The van der Waals surface area contributed by atoms with Gasteiger partial charge in [0.25, 0.3) is 0 Å². The van der Waals surface area contributed by atoms with Crippen LogP contribution in [0.1, 0.15) is 40.5 Å². The molecule has 2 aromatic rings. The molecule has 2 aromatic heterocycles. The number of halogens is 1. The number of Topliss-reactive ketones (excluding diaryl/α,β-unsaturated/α-hetero) is 1. The molecule has 156 valence electrons. The number of aryl methyl sites for hydroxylation is 1. The zero-order valence-corrected chi connectivity index (χ0v) is 17.8. The van der Waals surface area contributed by atoms with E-state index in [2.05, 4.69) is 15.0 Å². The van der Waals surface area contributed by atoms with Crippen LogP contribution in [0.25, 0.3) is 0 Å². The van der Waals surface area contributed by atoms with Gasteiger partial charge in [0.15, 0.2) is 5.78 Å². The van der Waals surface area contributed by atoms with Crippen LogP contribution < -0.4 is 15.4 Å². The van der Waals surface area contributed by atoms with E-state index in [0.717, 1.165) is 22.6 Å². The van der Waals surface area contributed by atoms with Crippen molar-refractivity contribution >= 4 is 29.2 Å². The topological polar surface area (TPSA) is 114 Å². The van der Waals surface area contributed by atoms with Crippen molar-refractivity contribution in [1.82, 2.24) is 15.0 Å². The number of ether oxygens (including phenoxy) is 1. The van der Waals surface area contributed by atoms with Gasteiger partial charge in [0.1, 0.15) is 16.7 Å². The quantitative estimate of drug-likeness (QED) is 0.686. The number of methoxy groups -OCH3 is 1. The number of rotatable bonds is 6. The van der Waals surface area contributed by atoms with Crippen LogP contribution in [-0.4, -0.2) is 46.1 Å². The van der Waals surface area contributed by atoms with Gasteiger partial charge in [-0.2, -0.15) is 4.98 Å². The SMILES string of the molecule is COc1c(C)cnc(CN2CC(CC(C)CO)C(=O)c3c(Cl)nc(N)nc32)c1C. The van der Waals surface area contributed by atoms with Crippen LogP contribution in [0.2, 0.25) is 5.15 Å². The summed E-state index contributed by atoms with van der Waals surface area (Å²) in [6.07, 6.45) is 2.30. The first-order chi connectivity index (χ1) is 13.8. The Bertz CT molecular complexity index is 937. The van der Waals surface area contributed by atoms with Crippen molar-refractivity contribution in [1.29, 1.82) is 0 Å². The highest BCUT2D eigenvalue weighted by atomic mass is 35.5. The minimum absolute atomic E-state index is 0.0123. The number of hydrogen-bond acceptors (Lipinski definition) is 8. The number of nitrogens with two attached hydrogens (primary N) is 1. The first-order valence-electron chi connectivity index (χ1n) is 9.48. The lowest BCUT2D eigenvalue weighted by Gasteiger charge is -2.35. The molecule has 0 saturated heterocycles. The highest BCUT2D eigenvalue weighted by molar-refractivity contribution is 6.34. The third-order valence-corrected chi connectivity index (χ3v) is 5.58. The van der Waals surface area contributed by atoms with Gasteiger partial charge >= 0.3 is 0 Å². The molecule has 1 aliphatic heterocycles. The van der Waals surface area contributed by atoms with Gasteiger partial charge in [-0.3, -0.25) is 9.78 Å². The maximum atomic E-state index is 13.1. The van der Waals surface area contributed by atoms with E-state index in [-0.39, 0.29) is 40.9 Å². The highest BCUT2D eigenvalue weighted by Crippen LogP contribution is 2.36. The molecular formula is C20H26ClN5O3. The van der Waals surface area contributed by atoms with Gasteiger partial charge in [0.2, 0.25) is 5.95 Å². The molecule has 3 rings (SSSR count). The minimum atomic E-state index is -0.331. The molecule has 0 bridgehead atoms. The van der Waals surface area contributed by atoms with Crippen LogP contribution in [-0.2, 0) is 6.54 Å². The molecule has 0 amide bonds. The Morgan fingerprint density at radius 1 is 1.41 bits per heavy atom. The maximum Gasteiger partial charge on any atom is 0.223 e. The average molecular weight is 420 g/mol. The monoisotopic (exact) mass is 419 g/mol. The molecule has 0 spiro atoms. The average Bonchev–Trinajstić information content (AvgIpc) is 2.67.